The highest BCUT2D eigenvalue weighted by molar-refractivity contribution is 5.78. The van der Waals surface area contributed by atoms with Crippen molar-refractivity contribution in [2.75, 3.05) is 31.1 Å². The summed E-state index contributed by atoms with van der Waals surface area (Å²) in [5.74, 6) is 2.02. The van der Waals surface area contributed by atoms with Crippen molar-refractivity contribution in [1.29, 1.82) is 0 Å². The minimum Gasteiger partial charge on any atom is -0.353 e. The minimum absolute atomic E-state index is 0.0319. The van der Waals surface area contributed by atoms with E-state index in [-0.39, 0.29) is 11.8 Å². The molecule has 0 N–H and O–H groups in total. The van der Waals surface area contributed by atoms with Gasteiger partial charge in [-0.25, -0.2) is 9.97 Å². The van der Waals surface area contributed by atoms with Crippen molar-refractivity contribution in [3.63, 3.8) is 0 Å². The van der Waals surface area contributed by atoms with Crippen molar-refractivity contribution in [2.45, 2.75) is 34.1 Å². The third-order valence-corrected chi connectivity index (χ3v) is 6.08. The van der Waals surface area contributed by atoms with E-state index >= 15 is 0 Å². The van der Waals surface area contributed by atoms with Gasteiger partial charge >= 0.3 is 0 Å². The summed E-state index contributed by atoms with van der Waals surface area (Å²) in [5.41, 5.74) is 5.65. The summed E-state index contributed by atoms with van der Waals surface area (Å²) in [5, 5.41) is 0. The third kappa shape index (κ3) is 4.82. The molecule has 0 aliphatic carbocycles. The molecule has 5 heteroatoms. The minimum atomic E-state index is 0.0319. The van der Waals surface area contributed by atoms with Gasteiger partial charge in [0.15, 0.2) is 5.82 Å². The van der Waals surface area contributed by atoms with Gasteiger partial charge in [-0.05, 0) is 25.5 Å². The molecule has 3 aromatic rings. The van der Waals surface area contributed by atoms with Gasteiger partial charge in [0, 0.05) is 55.3 Å². The van der Waals surface area contributed by atoms with Crippen LogP contribution in [0, 0.1) is 19.8 Å². The molecule has 1 saturated heterocycles. The maximum Gasteiger partial charge on any atom is 0.225 e. The number of amides is 1. The lowest BCUT2D eigenvalue weighted by Gasteiger charge is -2.37. The first-order valence-electron chi connectivity index (χ1n) is 11.4. The summed E-state index contributed by atoms with van der Waals surface area (Å²) in [6, 6.07) is 18.8. The van der Waals surface area contributed by atoms with Crippen molar-refractivity contribution < 1.29 is 4.79 Å². The normalized spacial score (nSPS) is 14.2. The number of aromatic nitrogens is 2. The summed E-state index contributed by atoms with van der Waals surface area (Å²) in [7, 11) is 0. The molecule has 0 saturated carbocycles. The van der Waals surface area contributed by atoms with Crippen molar-refractivity contribution in [3.8, 4) is 11.4 Å². The number of hydrogen-bond donors (Lipinski definition) is 0. The standard InChI is InChI=1S/C27H32N4O/c1-19(2)27(32)31-15-13-30(14-16-31)26-24(18-22-10-6-5-7-11-22)21(4)28-25(29-26)23-12-8-9-20(3)17-23/h5-12,17,19H,13-16,18H2,1-4H3. The molecule has 1 aromatic heterocycles. The molecule has 0 spiro atoms. The first-order chi connectivity index (χ1) is 15.4. The van der Waals surface area contributed by atoms with E-state index in [1.165, 1.54) is 11.1 Å². The smallest absolute Gasteiger partial charge is 0.225 e. The van der Waals surface area contributed by atoms with Crippen LogP contribution in [0.2, 0.25) is 0 Å². The Morgan fingerprint density at radius 1 is 0.938 bits per heavy atom. The lowest BCUT2D eigenvalue weighted by Crippen LogP contribution is -2.50. The SMILES string of the molecule is Cc1cccc(-c2nc(C)c(Cc3ccccc3)c(N3CCN(C(=O)C(C)C)CC3)n2)c1. The number of carbonyl (C=O) groups is 1. The molecular weight excluding hydrogens is 396 g/mol. The van der Waals surface area contributed by atoms with Crippen LogP contribution in [-0.2, 0) is 11.2 Å². The maximum absolute atomic E-state index is 12.5. The van der Waals surface area contributed by atoms with E-state index in [1.54, 1.807) is 0 Å². The Hall–Kier alpha value is -3.21. The zero-order valence-electron chi connectivity index (χ0n) is 19.5. The van der Waals surface area contributed by atoms with Crippen molar-refractivity contribution >= 4 is 11.7 Å². The van der Waals surface area contributed by atoms with Crippen LogP contribution in [0.5, 0.6) is 0 Å². The van der Waals surface area contributed by atoms with Crippen molar-refractivity contribution in [3.05, 3.63) is 77.0 Å². The summed E-state index contributed by atoms with van der Waals surface area (Å²) >= 11 is 0. The van der Waals surface area contributed by atoms with Gasteiger partial charge in [-0.15, -0.1) is 0 Å². The third-order valence-electron chi connectivity index (χ3n) is 6.08. The van der Waals surface area contributed by atoms with Crippen LogP contribution in [0.4, 0.5) is 5.82 Å². The Morgan fingerprint density at radius 3 is 2.31 bits per heavy atom. The molecular formula is C27H32N4O. The predicted octanol–water partition coefficient (Wildman–Crippen LogP) is 4.66. The van der Waals surface area contributed by atoms with E-state index < -0.39 is 0 Å². The lowest BCUT2D eigenvalue weighted by molar-refractivity contribution is -0.134. The first-order valence-corrected chi connectivity index (χ1v) is 11.4. The highest BCUT2D eigenvalue weighted by Crippen LogP contribution is 2.28. The largest absolute Gasteiger partial charge is 0.353 e. The van der Waals surface area contributed by atoms with Crippen LogP contribution < -0.4 is 4.90 Å². The van der Waals surface area contributed by atoms with Crippen LogP contribution in [0.3, 0.4) is 0 Å². The summed E-state index contributed by atoms with van der Waals surface area (Å²) < 4.78 is 0. The van der Waals surface area contributed by atoms with E-state index in [1.807, 2.05) is 24.8 Å². The first kappa shape index (κ1) is 22.0. The summed E-state index contributed by atoms with van der Waals surface area (Å²) in [6.07, 6.45) is 0.793. The molecule has 2 heterocycles. The number of aryl methyl sites for hydroxylation is 2. The second-order valence-corrected chi connectivity index (χ2v) is 8.93. The molecule has 4 rings (SSSR count). The molecule has 1 aliphatic rings. The van der Waals surface area contributed by atoms with Gasteiger partial charge in [0.2, 0.25) is 5.91 Å². The lowest BCUT2D eigenvalue weighted by atomic mass is 10.0. The molecule has 166 valence electrons. The average Bonchev–Trinajstić information content (AvgIpc) is 2.80. The fourth-order valence-electron chi connectivity index (χ4n) is 4.27. The zero-order chi connectivity index (χ0) is 22.7. The van der Waals surface area contributed by atoms with Crippen LogP contribution in [0.15, 0.2) is 54.6 Å². The molecule has 2 aromatic carbocycles. The fourth-order valence-corrected chi connectivity index (χ4v) is 4.27. The van der Waals surface area contributed by atoms with E-state index in [9.17, 15) is 4.79 Å². The van der Waals surface area contributed by atoms with Gasteiger partial charge in [-0.2, -0.15) is 0 Å². The molecule has 1 fully saturated rings. The molecule has 1 amide bonds. The van der Waals surface area contributed by atoms with E-state index in [2.05, 4.69) is 67.3 Å². The van der Waals surface area contributed by atoms with Crippen LogP contribution in [0.1, 0.15) is 36.2 Å². The van der Waals surface area contributed by atoms with Gasteiger partial charge in [0.25, 0.3) is 0 Å². The second kappa shape index (κ2) is 9.51. The average molecular weight is 429 g/mol. The topological polar surface area (TPSA) is 49.3 Å². The Bertz CT molecular complexity index is 1090. The van der Waals surface area contributed by atoms with E-state index in [4.69, 9.17) is 9.97 Å². The zero-order valence-corrected chi connectivity index (χ0v) is 19.5. The highest BCUT2D eigenvalue weighted by atomic mass is 16.2. The Balaban J connectivity index is 1.70. The molecule has 1 aliphatic heterocycles. The Morgan fingerprint density at radius 2 is 1.66 bits per heavy atom. The Labute approximate surface area is 191 Å². The molecule has 0 unspecified atom stereocenters. The number of carbonyl (C=O) groups excluding carboxylic acids is 1. The molecule has 0 atom stereocenters. The van der Waals surface area contributed by atoms with Gasteiger partial charge in [0.1, 0.15) is 5.82 Å². The summed E-state index contributed by atoms with van der Waals surface area (Å²) in [6.45, 7) is 11.1. The van der Waals surface area contributed by atoms with Crippen molar-refractivity contribution in [1.82, 2.24) is 14.9 Å². The quantitative estimate of drug-likeness (QED) is 0.593. The van der Waals surface area contributed by atoms with E-state index in [0.29, 0.717) is 0 Å². The van der Waals surface area contributed by atoms with Crippen LogP contribution in [0.25, 0.3) is 11.4 Å². The highest BCUT2D eigenvalue weighted by Gasteiger charge is 2.26. The number of benzene rings is 2. The molecule has 0 bridgehead atoms. The number of rotatable bonds is 5. The molecule has 5 nitrogen and oxygen atoms in total. The predicted molar refractivity (Wildman–Crippen MR) is 130 cm³/mol. The molecule has 32 heavy (non-hydrogen) atoms. The van der Waals surface area contributed by atoms with Gasteiger partial charge in [-0.3, -0.25) is 4.79 Å². The fraction of sp³-hybridized carbons (Fsp3) is 0.370. The number of hydrogen-bond acceptors (Lipinski definition) is 4. The monoisotopic (exact) mass is 428 g/mol. The number of anilines is 1. The van der Waals surface area contributed by atoms with Gasteiger partial charge in [-0.1, -0.05) is 67.9 Å². The molecule has 0 radical (unpaired) electrons. The Kier molecular flexibility index (Phi) is 6.54. The van der Waals surface area contributed by atoms with E-state index in [0.717, 1.165) is 61.1 Å². The van der Waals surface area contributed by atoms with Gasteiger partial charge in [0.05, 0.1) is 0 Å². The maximum atomic E-state index is 12.5. The second-order valence-electron chi connectivity index (χ2n) is 8.93. The van der Waals surface area contributed by atoms with Crippen LogP contribution >= 0.6 is 0 Å². The summed E-state index contributed by atoms with van der Waals surface area (Å²) in [4.78, 5) is 26.7. The van der Waals surface area contributed by atoms with Crippen molar-refractivity contribution in [2.24, 2.45) is 5.92 Å². The van der Waals surface area contributed by atoms with Gasteiger partial charge < -0.3 is 9.80 Å². The van der Waals surface area contributed by atoms with Crippen LogP contribution in [-0.4, -0.2) is 47.0 Å². The number of piperazine rings is 1. The number of nitrogens with zero attached hydrogens (tertiary/aromatic N) is 4.